The summed E-state index contributed by atoms with van der Waals surface area (Å²) in [6.07, 6.45) is 0.230. The molecule has 1 rings (SSSR count). The first-order valence-electron chi connectivity index (χ1n) is 4.43. The van der Waals surface area contributed by atoms with Crippen LogP contribution in [0.4, 0.5) is 5.13 Å². The molecule has 14 heavy (non-hydrogen) atoms. The van der Waals surface area contributed by atoms with Gasteiger partial charge in [-0.2, -0.15) is 4.98 Å². The summed E-state index contributed by atoms with van der Waals surface area (Å²) in [5.41, 5.74) is 0. The van der Waals surface area contributed by atoms with Crippen molar-refractivity contribution in [1.29, 1.82) is 0 Å². The van der Waals surface area contributed by atoms with Crippen molar-refractivity contribution in [2.45, 2.75) is 19.4 Å². The van der Waals surface area contributed by atoms with E-state index in [9.17, 15) is 5.11 Å². The Morgan fingerprint density at radius 3 is 2.64 bits per heavy atom. The van der Waals surface area contributed by atoms with Gasteiger partial charge in [0.15, 0.2) is 5.13 Å². The molecule has 1 aromatic rings. The first-order chi connectivity index (χ1) is 6.54. The molecule has 0 aliphatic rings. The minimum absolute atomic E-state index is 0.362. The van der Waals surface area contributed by atoms with Crippen molar-refractivity contribution < 1.29 is 9.84 Å². The predicted molar refractivity (Wildman–Crippen MR) is 58.4 cm³/mol. The van der Waals surface area contributed by atoms with E-state index in [2.05, 4.69) is 4.98 Å². The molecule has 0 unspecified atom stereocenters. The summed E-state index contributed by atoms with van der Waals surface area (Å²) < 4.78 is 5.14. The van der Waals surface area contributed by atoms with Crippen LogP contribution in [-0.2, 0) is 6.42 Å². The van der Waals surface area contributed by atoms with E-state index in [0.717, 1.165) is 10.0 Å². The molecule has 1 N–H and O–H groups in total. The van der Waals surface area contributed by atoms with Crippen LogP contribution in [0.15, 0.2) is 0 Å². The van der Waals surface area contributed by atoms with Crippen molar-refractivity contribution in [2.75, 3.05) is 26.1 Å². The fourth-order valence-electron chi connectivity index (χ4n) is 1.07. The Hall–Kier alpha value is -0.810. The number of rotatable bonds is 4. The van der Waals surface area contributed by atoms with Crippen LogP contribution in [0.5, 0.6) is 5.88 Å². The lowest BCUT2D eigenvalue weighted by molar-refractivity contribution is 0.195. The van der Waals surface area contributed by atoms with Crippen molar-refractivity contribution in [2.24, 2.45) is 0 Å². The van der Waals surface area contributed by atoms with E-state index < -0.39 is 0 Å². The molecule has 0 spiro atoms. The van der Waals surface area contributed by atoms with Crippen LogP contribution in [0.3, 0.4) is 0 Å². The highest BCUT2D eigenvalue weighted by atomic mass is 32.1. The third-order valence-corrected chi connectivity index (χ3v) is 2.93. The van der Waals surface area contributed by atoms with E-state index in [0.29, 0.717) is 12.3 Å². The number of aliphatic hydroxyl groups excluding tert-OH is 1. The van der Waals surface area contributed by atoms with Crippen LogP contribution in [0.1, 0.15) is 11.8 Å². The minimum Gasteiger partial charge on any atom is -0.480 e. The van der Waals surface area contributed by atoms with Gasteiger partial charge in [-0.25, -0.2) is 0 Å². The molecule has 0 aliphatic heterocycles. The quantitative estimate of drug-likeness (QED) is 0.820. The van der Waals surface area contributed by atoms with Crippen LogP contribution in [0, 0.1) is 0 Å². The Morgan fingerprint density at radius 1 is 1.57 bits per heavy atom. The van der Waals surface area contributed by atoms with Crippen LogP contribution in [-0.4, -0.2) is 37.4 Å². The lowest BCUT2D eigenvalue weighted by Gasteiger charge is -2.05. The normalized spacial score (nSPS) is 12.6. The van der Waals surface area contributed by atoms with E-state index in [4.69, 9.17) is 4.74 Å². The third kappa shape index (κ3) is 2.59. The monoisotopic (exact) mass is 216 g/mol. The SMILES string of the molecule is COc1nc(N(C)C)sc1C[C@@H](C)O. The molecule has 0 bridgehead atoms. The zero-order valence-electron chi connectivity index (χ0n) is 8.94. The second kappa shape index (κ2) is 4.61. The molecule has 0 fully saturated rings. The van der Waals surface area contributed by atoms with Gasteiger partial charge in [0.25, 0.3) is 0 Å². The van der Waals surface area contributed by atoms with E-state index in [1.807, 2.05) is 19.0 Å². The predicted octanol–water partition coefficient (Wildman–Crippen LogP) is 1.14. The average Bonchev–Trinajstić information content (AvgIpc) is 2.46. The molecule has 80 valence electrons. The highest BCUT2D eigenvalue weighted by Crippen LogP contribution is 2.31. The summed E-state index contributed by atoms with van der Waals surface area (Å²) in [5.74, 6) is 0.625. The lowest BCUT2D eigenvalue weighted by Crippen LogP contribution is -2.07. The summed E-state index contributed by atoms with van der Waals surface area (Å²) in [6, 6.07) is 0. The van der Waals surface area contributed by atoms with Crippen LogP contribution in [0.25, 0.3) is 0 Å². The molecule has 1 heterocycles. The second-order valence-corrected chi connectivity index (χ2v) is 4.44. The van der Waals surface area contributed by atoms with E-state index in [1.165, 1.54) is 0 Å². The molecule has 0 saturated heterocycles. The van der Waals surface area contributed by atoms with Crippen molar-refractivity contribution in [3.05, 3.63) is 4.88 Å². The number of aromatic nitrogens is 1. The Morgan fingerprint density at radius 2 is 2.21 bits per heavy atom. The lowest BCUT2D eigenvalue weighted by atomic mass is 10.2. The van der Waals surface area contributed by atoms with Crippen LogP contribution < -0.4 is 9.64 Å². The van der Waals surface area contributed by atoms with Gasteiger partial charge in [0.05, 0.1) is 18.1 Å². The first kappa shape index (κ1) is 11.3. The fourth-order valence-corrected chi connectivity index (χ4v) is 2.15. The Balaban J connectivity index is 2.90. The maximum absolute atomic E-state index is 9.28. The molecule has 0 radical (unpaired) electrons. The Labute approximate surface area is 88.1 Å². The van der Waals surface area contributed by atoms with Gasteiger partial charge in [0, 0.05) is 20.5 Å². The number of aliphatic hydroxyl groups is 1. The smallest absolute Gasteiger partial charge is 0.229 e. The van der Waals surface area contributed by atoms with Gasteiger partial charge in [-0.05, 0) is 6.92 Å². The first-order valence-corrected chi connectivity index (χ1v) is 5.25. The van der Waals surface area contributed by atoms with Gasteiger partial charge in [-0.3, -0.25) is 0 Å². The average molecular weight is 216 g/mol. The number of thiazole rings is 1. The van der Waals surface area contributed by atoms with Gasteiger partial charge in [-0.15, -0.1) is 0 Å². The number of hydrogen-bond donors (Lipinski definition) is 1. The molecule has 0 aliphatic carbocycles. The topological polar surface area (TPSA) is 45.6 Å². The fraction of sp³-hybridized carbons (Fsp3) is 0.667. The highest BCUT2D eigenvalue weighted by molar-refractivity contribution is 7.15. The number of anilines is 1. The third-order valence-electron chi connectivity index (χ3n) is 1.71. The zero-order valence-corrected chi connectivity index (χ0v) is 9.76. The van der Waals surface area contributed by atoms with E-state index in [-0.39, 0.29) is 6.10 Å². The molecule has 0 amide bonds. The molecular weight excluding hydrogens is 200 g/mol. The maximum Gasteiger partial charge on any atom is 0.229 e. The molecular formula is C9H16N2O2S. The molecule has 1 aromatic heterocycles. The second-order valence-electron chi connectivity index (χ2n) is 3.38. The Kier molecular flexibility index (Phi) is 3.71. The standard InChI is InChI=1S/C9H16N2O2S/c1-6(12)5-7-8(13-4)10-9(14-7)11(2)3/h6,12H,5H2,1-4H3/t6-/m1/s1. The van der Waals surface area contributed by atoms with E-state index in [1.54, 1.807) is 25.4 Å². The number of methoxy groups -OCH3 is 1. The minimum atomic E-state index is -0.362. The maximum atomic E-state index is 9.28. The Bertz CT molecular complexity index is 297. The molecule has 4 nitrogen and oxygen atoms in total. The molecule has 1 atom stereocenters. The zero-order chi connectivity index (χ0) is 10.7. The number of hydrogen-bond acceptors (Lipinski definition) is 5. The van der Waals surface area contributed by atoms with E-state index >= 15 is 0 Å². The van der Waals surface area contributed by atoms with Gasteiger partial charge in [0.2, 0.25) is 5.88 Å². The van der Waals surface area contributed by atoms with Gasteiger partial charge in [0.1, 0.15) is 0 Å². The van der Waals surface area contributed by atoms with Gasteiger partial charge < -0.3 is 14.7 Å². The van der Waals surface area contributed by atoms with Gasteiger partial charge >= 0.3 is 0 Å². The summed E-state index contributed by atoms with van der Waals surface area (Å²) in [7, 11) is 5.47. The summed E-state index contributed by atoms with van der Waals surface area (Å²) in [5, 5.41) is 10.2. The molecule has 0 aromatic carbocycles. The number of nitrogens with zero attached hydrogens (tertiary/aromatic N) is 2. The number of ether oxygens (including phenoxy) is 1. The van der Waals surface area contributed by atoms with Crippen LogP contribution in [0.2, 0.25) is 0 Å². The summed E-state index contributed by atoms with van der Waals surface area (Å²) in [4.78, 5) is 7.21. The highest BCUT2D eigenvalue weighted by Gasteiger charge is 2.14. The van der Waals surface area contributed by atoms with Gasteiger partial charge in [-0.1, -0.05) is 11.3 Å². The molecule has 0 saturated carbocycles. The van der Waals surface area contributed by atoms with Crippen LogP contribution >= 0.6 is 11.3 Å². The van der Waals surface area contributed by atoms with Crippen molar-refractivity contribution in [3.8, 4) is 5.88 Å². The van der Waals surface area contributed by atoms with Crippen molar-refractivity contribution in [3.63, 3.8) is 0 Å². The van der Waals surface area contributed by atoms with Crippen molar-refractivity contribution in [1.82, 2.24) is 4.98 Å². The van der Waals surface area contributed by atoms with Crippen molar-refractivity contribution >= 4 is 16.5 Å². The summed E-state index contributed by atoms with van der Waals surface area (Å²) >= 11 is 1.55. The largest absolute Gasteiger partial charge is 0.480 e. The molecule has 5 heteroatoms. The summed E-state index contributed by atoms with van der Waals surface area (Å²) in [6.45, 7) is 1.76.